The maximum Gasteiger partial charge on any atom is 0.222 e. The lowest BCUT2D eigenvalue weighted by atomic mass is 9.75. The van der Waals surface area contributed by atoms with Crippen molar-refractivity contribution in [2.24, 2.45) is 5.41 Å². The zero-order chi connectivity index (χ0) is 20.6. The fraction of sp³-hybridized carbons (Fsp3) is 0.292. The fourth-order valence-electron chi connectivity index (χ4n) is 4.19. The van der Waals surface area contributed by atoms with Crippen LogP contribution in [-0.2, 0) is 17.6 Å². The quantitative estimate of drug-likeness (QED) is 0.676. The highest BCUT2D eigenvalue weighted by Gasteiger charge is 2.35. The highest BCUT2D eigenvalue weighted by atomic mass is 16.1. The number of H-pyrrole nitrogens is 1. The van der Waals surface area contributed by atoms with Gasteiger partial charge in [-0.25, -0.2) is 4.98 Å². The molecule has 1 aromatic carbocycles. The van der Waals surface area contributed by atoms with Crippen molar-refractivity contribution in [3.8, 4) is 11.3 Å². The van der Waals surface area contributed by atoms with Gasteiger partial charge in [0.15, 0.2) is 5.78 Å². The molecule has 0 aliphatic heterocycles. The molecule has 0 unspecified atom stereocenters. The summed E-state index contributed by atoms with van der Waals surface area (Å²) >= 11 is 0. The van der Waals surface area contributed by atoms with Crippen LogP contribution < -0.4 is 5.32 Å². The zero-order valence-corrected chi connectivity index (χ0v) is 17.0. The maximum atomic E-state index is 13.1. The summed E-state index contributed by atoms with van der Waals surface area (Å²) in [6.45, 7) is 5.72. The number of nitrogens with one attached hydrogen (secondary N) is 2. The summed E-state index contributed by atoms with van der Waals surface area (Å²) in [7, 11) is 0. The number of amides is 1. The van der Waals surface area contributed by atoms with E-state index in [1.54, 1.807) is 6.20 Å². The van der Waals surface area contributed by atoms with Crippen molar-refractivity contribution in [2.45, 2.75) is 40.0 Å². The van der Waals surface area contributed by atoms with Gasteiger partial charge in [0.05, 0.1) is 5.69 Å². The Morgan fingerprint density at radius 3 is 2.66 bits per heavy atom. The van der Waals surface area contributed by atoms with E-state index in [4.69, 9.17) is 0 Å². The summed E-state index contributed by atoms with van der Waals surface area (Å²) in [6, 6.07) is 13.9. The van der Waals surface area contributed by atoms with Crippen LogP contribution in [0.3, 0.4) is 0 Å². The summed E-state index contributed by atoms with van der Waals surface area (Å²) in [4.78, 5) is 32.3. The molecule has 5 nitrogen and oxygen atoms in total. The van der Waals surface area contributed by atoms with Crippen molar-refractivity contribution in [3.63, 3.8) is 0 Å². The second kappa shape index (κ2) is 7.32. The van der Waals surface area contributed by atoms with Gasteiger partial charge in [-0.05, 0) is 35.1 Å². The van der Waals surface area contributed by atoms with Gasteiger partial charge in [0.2, 0.25) is 5.91 Å². The van der Waals surface area contributed by atoms with Gasteiger partial charge in [-0.3, -0.25) is 9.59 Å². The van der Waals surface area contributed by atoms with E-state index in [1.807, 2.05) is 30.3 Å². The molecule has 1 aliphatic rings. The lowest BCUT2D eigenvalue weighted by Crippen LogP contribution is -2.27. The van der Waals surface area contributed by atoms with Gasteiger partial charge in [-0.2, -0.15) is 0 Å². The lowest BCUT2D eigenvalue weighted by Gasteiger charge is -2.28. The topological polar surface area (TPSA) is 74.8 Å². The maximum absolute atomic E-state index is 13.1. The summed E-state index contributed by atoms with van der Waals surface area (Å²) in [5, 5.41) is 2.74. The van der Waals surface area contributed by atoms with Gasteiger partial charge in [-0.1, -0.05) is 44.2 Å². The van der Waals surface area contributed by atoms with E-state index in [2.05, 4.69) is 41.3 Å². The molecule has 148 valence electrons. The first-order valence-electron chi connectivity index (χ1n) is 9.87. The minimum Gasteiger partial charge on any atom is -0.358 e. The zero-order valence-electron chi connectivity index (χ0n) is 17.0. The van der Waals surface area contributed by atoms with E-state index in [9.17, 15) is 9.59 Å². The van der Waals surface area contributed by atoms with Crippen LogP contribution in [0.2, 0.25) is 0 Å². The van der Waals surface area contributed by atoms with Crippen molar-refractivity contribution in [1.82, 2.24) is 9.97 Å². The number of nitrogens with zero attached hydrogens (tertiary/aromatic N) is 1. The predicted octanol–water partition coefficient (Wildman–Crippen LogP) is 4.78. The van der Waals surface area contributed by atoms with E-state index < -0.39 is 0 Å². The van der Waals surface area contributed by atoms with E-state index in [-0.39, 0.29) is 17.1 Å². The van der Waals surface area contributed by atoms with Gasteiger partial charge in [0.1, 0.15) is 5.82 Å². The average Bonchev–Trinajstić information content (AvgIpc) is 2.99. The van der Waals surface area contributed by atoms with Crippen LogP contribution in [0.5, 0.6) is 0 Å². The number of carbonyl (C=O) groups excluding carboxylic acids is 2. The number of anilines is 1. The molecule has 0 radical (unpaired) electrons. The number of hydrogen-bond donors (Lipinski definition) is 2. The number of ketones is 1. The molecule has 3 aromatic rings. The summed E-state index contributed by atoms with van der Waals surface area (Å²) in [5.41, 5.74) is 5.80. The van der Waals surface area contributed by atoms with Crippen LogP contribution in [0.15, 0.2) is 48.7 Å². The first-order valence-corrected chi connectivity index (χ1v) is 9.87. The molecule has 0 saturated heterocycles. The molecule has 1 aliphatic carbocycles. The third-order valence-electron chi connectivity index (χ3n) is 5.33. The van der Waals surface area contributed by atoms with Crippen LogP contribution in [0.1, 0.15) is 54.4 Å². The number of carbonyl (C=O) groups is 2. The van der Waals surface area contributed by atoms with Gasteiger partial charge in [0, 0.05) is 42.8 Å². The summed E-state index contributed by atoms with van der Waals surface area (Å²) < 4.78 is 0. The van der Waals surface area contributed by atoms with Crippen LogP contribution >= 0.6 is 0 Å². The molecule has 29 heavy (non-hydrogen) atoms. The van der Waals surface area contributed by atoms with Crippen LogP contribution in [0, 0.1) is 5.41 Å². The lowest BCUT2D eigenvalue weighted by molar-refractivity contribution is -0.114. The van der Waals surface area contributed by atoms with Crippen LogP contribution in [0.25, 0.3) is 11.3 Å². The highest BCUT2D eigenvalue weighted by Crippen LogP contribution is 2.40. The SMILES string of the molecule is CC(=O)Nc1cc(-c2[nH]c3c(c2Cc2ccccc2)C(=O)CC(C)(C)C3)ccn1. The Morgan fingerprint density at radius 2 is 1.93 bits per heavy atom. The molecule has 0 spiro atoms. The minimum absolute atomic E-state index is 0.0597. The molecule has 2 heterocycles. The predicted molar refractivity (Wildman–Crippen MR) is 114 cm³/mol. The fourth-order valence-corrected chi connectivity index (χ4v) is 4.19. The Labute approximate surface area is 170 Å². The summed E-state index contributed by atoms with van der Waals surface area (Å²) in [6.07, 6.45) is 3.73. The van der Waals surface area contributed by atoms with E-state index in [0.717, 1.165) is 40.1 Å². The second-order valence-electron chi connectivity index (χ2n) is 8.55. The number of pyridine rings is 1. The number of fused-ring (bicyclic) bond motifs is 1. The van der Waals surface area contributed by atoms with Crippen molar-refractivity contribution in [3.05, 3.63) is 71.0 Å². The van der Waals surface area contributed by atoms with Crippen LogP contribution in [0.4, 0.5) is 5.82 Å². The molecule has 4 rings (SSSR count). The summed E-state index contributed by atoms with van der Waals surface area (Å²) in [5.74, 6) is 0.530. The van der Waals surface area contributed by atoms with E-state index in [0.29, 0.717) is 18.7 Å². The van der Waals surface area contributed by atoms with Gasteiger partial charge in [-0.15, -0.1) is 0 Å². The Bertz CT molecular complexity index is 1080. The number of aromatic nitrogens is 2. The second-order valence-corrected chi connectivity index (χ2v) is 8.55. The highest BCUT2D eigenvalue weighted by molar-refractivity contribution is 6.02. The smallest absolute Gasteiger partial charge is 0.222 e. The Hall–Kier alpha value is -3.21. The molecule has 0 bridgehead atoms. The molecule has 5 heteroatoms. The average molecular weight is 387 g/mol. The van der Waals surface area contributed by atoms with E-state index >= 15 is 0 Å². The van der Waals surface area contributed by atoms with Gasteiger partial charge in [0.25, 0.3) is 0 Å². The molecule has 0 saturated carbocycles. The number of benzene rings is 1. The van der Waals surface area contributed by atoms with Crippen molar-refractivity contribution >= 4 is 17.5 Å². The van der Waals surface area contributed by atoms with Crippen molar-refractivity contribution in [1.29, 1.82) is 0 Å². The Balaban J connectivity index is 1.85. The first kappa shape index (κ1) is 19.1. The molecule has 2 aromatic heterocycles. The number of hydrogen-bond acceptors (Lipinski definition) is 3. The first-order chi connectivity index (χ1) is 13.8. The van der Waals surface area contributed by atoms with Gasteiger partial charge >= 0.3 is 0 Å². The monoisotopic (exact) mass is 387 g/mol. The Kier molecular flexibility index (Phi) is 4.82. The largest absolute Gasteiger partial charge is 0.358 e. The molecule has 0 atom stereocenters. The van der Waals surface area contributed by atoms with Gasteiger partial charge < -0.3 is 10.3 Å². The van der Waals surface area contributed by atoms with Crippen molar-refractivity contribution < 1.29 is 9.59 Å². The third kappa shape index (κ3) is 3.99. The molecular weight excluding hydrogens is 362 g/mol. The Morgan fingerprint density at radius 1 is 1.17 bits per heavy atom. The molecule has 2 N–H and O–H groups in total. The minimum atomic E-state index is -0.165. The van der Waals surface area contributed by atoms with E-state index in [1.165, 1.54) is 6.92 Å². The molecule has 0 fully saturated rings. The van der Waals surface area contributed by atoms with Crippen molar-refractivity contribution in [2.75, 3.05) is 5.32 Å². The standard InChI is InChI=1S/C24H25N3O2/c1-15(28)26-21-12-17(9-10-25-21)23-18(11-16-7-5-4-6-8-16)22-19(27-23)13-24(2,3)14-20(22)29/h4-10,12,27H,11,13-14H2,1-3H3,(H,25,26,28). The van der Waals surface area contributed by atoms with Crippen LogP contribution in [-0.4, -0.2) is 21.7 Å². The number of Topliss-reactive ketones (excluding diaryl/α,β-unsaturated/α-hetero) is 1. The number of aromatic amines is 1. The third-order valence-corrected chi connectivity index (χ3v) is 5.33. The molecular formula is C24H25N3O2. The normalized spacial score (nSPS) is 15.1. The number of rotatable bonds is 4. The molecule has 1 amide bonds.